The minimum Gasteiger partial charge on any atom is -0.497 e. The van der Waals surface area contributed by atoms with Crippen molar-refractivity contribution in [3.05, 3.63) is 58.3 Å². The Morgan fingerprint density at radius 1 is 1.18 bits per heavy atom. The van der Waals surface area contributed by atoms with Gasteiger partial charge >= 0.3 is 6.09 Å². The Morgan fingerprint density at radius 3 is 2.50 bits per heavy atom. The molecule has 0 spiro atoms. The van der Waals surface area contributed by atoms with Crippen LogP contribution in [-0.2, 0) is 16.6 Å². The number of aromatic nitrogens is 1. The standard InChI is InChI=1S/C26H27ClFN3O7S2/c1-36-18-6-3-15(22(11-18)37-2)14-30(25-29-7-8-39-25)40(34,35)24-12-20(27)23(13-21(24)28)38-19-9-16-4-5-17(10-19)31(16)26(32)33/h3,6-8,11-13,16-17,19H,4-5,9-10,14H2,1-2H3,(H,32,33)/t16-,17+,19?. The first kappa shape index (κ1) is 28.2. The van der Waals surface area contributed by atoms with Gasteiger partial charge in [-0.15, -0.1) is 11.3 Å². The van der Waals surface area contributed by atoms with Crippen LogP contribution in [0.1, 0.15) is 31.2 Å². The first-order valence-electron chi connectivity index (χ1n) is 12.4. The van der Waals surface area contributed by atoms with E-state index in [0.29, 0.717) is 29.9 Å². The van der Waals surface area contributed by atoms with E-state index in [0.717, 1.165) is 40.6 Å². The number of nitrogens with zero attached hydrogens (tertiary/aromatic N) is 3. The van der Waals surface area contributed by atoms with Crippen molar-refractivity contribution in [1.82, 2.24) is 9.88 Å². The maximum atomic E-state index is 15.5. The average Bonchev–Trinajstić information content (AvgIpc) is 3.55. The maximum absolute atomic E-state index is 15.5. The van der Waals surface area contributed by atoms with Gasteiger partial charge in [-0.05, 0) is 31.0 Å². The van der Waals surface area contributed by atoms with Gasteiger partial charge in [-0.25, -0.2) is 26.9 Å². The van der Waals surface area contributed by atoms with Crippen LogP contribution in [0.3, 0.4) is 0 Å². The Bertz CT molecular complexity index is 1490. The van der Waals surface area contributed by atoms with Gasteiger partial charge in [0, 0.05) is 54.2 Å². The molecule has 3 aromatic rings. The zero-order valence-corrected chi connectivity index (χ0v) is 24.0. The smallest absolute Gasteiger partial charge is 0.407 e. The van der Waals surface area contributed by atoms with E-state index in [1.165, 1.54) is 25.3 Å². The summed E-state index contributed by atoms with van der Waals surface area (Å²) in [5.74, 6) is -0.113. The molecule has 10 nitrogen and oxygen atoms in total. The van der Waals surface area contributed by atoms with E-state index in [1.807, 2.05) is 0 Å². The number of thiazole rings is 1. The van der Waals surface area contributed by atoms with E-state index in [4.69, 9.17) is 25.8 Å². The van der Waals surface area contributed by atoms with Crippen molar-refractivity contribution in [2.24, 2.45) is 0 Å². The van der Waals surface area contributed by atoms with Gasteiger partial charge in [0.2, 0.25) is 0 Å². The minimum absolute atomic E-state index is 0.00362. The summed E-state index contributed by atoms with van der Waals surface area (Å²) in [6.45, 7) is -0.191. The van der Waals surface area contributed by atoms with Gasteiger partial charge in [-0.3, -0.25) is 0 Å². The van der Waals surface area contributed by atoms with E-state index in [-0.39, 0.29) is 40.6 Å². The first-order chi connectivity index (χ1) is 19.1. The van der Waals surface area contributed by atoms with Crippen LogP contribution in [0.5, 0.6) is 17.2 Å². The molecule has 0 aliphatic carbocycles. The molecular weight excluding hydrogens is 585 g/mol. The van der Waals surface area contributed by atoms with Gasteiger partial charge < -0.3 is 24.2 Å². The predicted molar refractivity (Wildman–Crippen MR) is 147 cm³/mol. The first-order valence-corrected chi connectivity index (χ1v) is 15.1. The fourth-order valence-corrected chi connectivity index (χ4v) is 7.98. The third-order valence-electron chi connectivity index (χ3n) is 7.20. The van der Waals surface area contributed by atoms with Crippen LogP contribution in [0.2, 0.25) is 5.02 Å². The molecule has 14 heteroatoms. The van der Waals surface area contributed by atoms with Crippen molar-refractivity contribution < 1.29 is 36.9 Å². The fourth-order valence-electron chi connectivity index (χ4n) is 5.36. The van der Waals surface area contributed by atoms with Crippen LogP contribution in [0.15, 0.2) is 46.8 Å². The van der Waals surface area contributed by atoms with Gasteiger partial charge in [0.05, 0.1) is 25.8 Å². The highest BCUT2D eigenvalue weighted by molar-refractivity contribution is 7.93. The lowest BCUT2D eigenvalue weighted by Crippen LogP contribution is -2.48. The number of benzene rings is 2. The van der Waals surface area contributed by atoms with Crippen molar-refractivity contribution in [2.45, 2.75) is 55.3 Å². The molecule has 1 unspecified atom stereocenters. The summed E-state index contributed by atoms with van der Waals surface area (Å²) in [6.07, 6.45) is 2.49. The van der Waals surface area contributed by atoms with Gasteiger partial charge in [0.25, 0.3) is 10.0 Å². The summed E-state index contributed by atoms with van der Waals surface area (Å²) in [5, 5.41) is 11.2. The molecule has 2 fully saturated rings. The number of carboxylic acid groups (broad SMARTS) is 1. The Hall–Kier alpha value is -3.29. The van der Waals surface area contributed by atoms with Gasteiger partial charge in [-0.2, -0.15) is 0 Å². The van der Waals surface area contributed by atoms with Crippen molar-refractivity contribution in [2.75, 3.05) is 18.5 Å². The number of fused-ring (bicyclic) bond motifs is 2. The Balaban J connectivity index is 1.43. The third kappa shape index (κ3) is 5.37. The Morgan fingerprint density at radius 2 is 1.90 bits per heavy atom. The van der Waals surface area contributed by atoms with Crippen LogP contribution in [0, 0.1) is 5.82 Å². The minimum atomic E-state index is -4.48. The van der Waals surface area contributed by atoms with Crippen molar-refractivity contribution in [1.29, 1.82) is 0 Å². The van der Waals surface area contributed by atoms with Gasteiger partial charge in [0.15, 0.2) is 5.13 Å². The molecule has 40 heavy (non-hydrogen) atoms. The largest absolute Gasteiger partial charge is 0.497 e. The number of amides is 1. The molecule has 2 aliphatic rings. The summed E-state index contributed by atoms with van der Waals surface area (Å²) in [7, 11) is -1.52. The summed E-state index contributed by atoms with van der Waals surface area (Å²) in [4.78, 5) is 16.6. The predicted octanol–water partition coefficient (Wildman–Crippen LogP) is 5.40. The number of methoxy groups -OCH3 is 2. The van der Waals surface area contributed by atoms with Crippen LogP contribution in [0.4, 0.5) is 14.3 Å². The molecule has 214 valence electrons. The molecular formula is C26H27ClFN3O7S2. The van der Waals surface area contributed by atoms with E-state index < -0.39 is 26.8 Å². The summed E-state index contributed by atoms with van der Waals surface area (Å²) in [6, 6.07) is 6.61. The summed E-state index contributed by atoms with van der Waals surface area (Å²) in [5.41, 5.74) is 0.510. The number of hydrogen-bond donors (Lipinski definition) is 1. The van der Waals surface area contributed by atoms with Crippen LogP contribution in [-0.4, -0.2) is 61.9 Å². The van der Waals surface area contributed by atoms with E-state index in [2.05, 4.69) is 4.98 Å². The highest BCUT2D eigenvalue weighted by Crippen LogP contribution is 2.40. The number of halogens is 2. The topological polar surface area (TPSA) is 118 Å². The molecule has 0 saturated carbocycles. The fraction of sp³-hybridized carbons (Fsp3) is 0.385. The zero-order chi connectivity index (χ0) is 28.6. The molecule has 1 aromatic heterocycles. The summed E-state index contributed by atoms with van der Waals surface area (Å²) < 4.78 is 60.9. The zero-order valence-electron chi connectivity index (χ0n) is 21.6. The average molecular weight is 612 g/mol. The number of ether oxygens (including phenoxy) is 3. The van der Waals surface area contributed by atoms with Crippen LogP contribution in [0.25, 0.3) is 0 Å². The quantitative estimate of drug-likeness (QED) is 0.342. The number of rotatable bonds is 9. The Labute approximate surface area is 239 Å². The molecule has 1 N–H and O–H groups in total. The monoisotopic (exact) mass is 611 g/mol. The molecule has 5 rings (SSSR count). The number of anilines is 1. The van der Waals surface area contributed by atoms with Crippen LogP contribution < -0.4 is 18.5 Å². The number of sulfonamides is 1. The second-order valence-electron chi connectivity index (χ2n) is 9.50. The second kappa shape index (κ2) is 11.3. The lowest BCUT2D eigenvalue weighted by molar-refractivity contribution is 0.0495. The lowest BCUT2D eigenvalue weighted by Gasteiger charge is -2.37. The number of carbonyl (C=O) groups is 1. The van der Waals surface area contributed by atoms with Gasteiger partial charge in [-0.1, -0.05) is 11.6 Å². The molecule has 3 atom stereocenters. The molecule has 1 amide bonds. The summed E-state index contributed by atoms with van der Waals surface area (Å²) >= 11 is 7.52. The second-order valence-corrected chi connectivity index (χ2v) is 12.6. The number of hydrogen-bond acceptors (Lipinski definition) is 8. The molecule has 2 aliphatic heterocycles. The molecule has 3 heterocycles. The maximum Gasteiger partial charge on any atom is 0.407 e. The molecule has 2 bridgehead atoms. The number of piperidine rings is 1. The lowest BCUT2D eigenvalue weighted by atomic mass is 10.0. The van der Waals surface area contributed by atoms with Crippen molar-refractivity contribution in [3.63, 3.8) is 0 Å². The van der Waals surface area contributed by atoms with Crippen molar-refractivity contribution >= 4 is 44.2 Å². The van der Waals surface area contributed by atoms with E-state index in [1.54, 1.807) is 23.6 Å². The Kier molecular flexibility index (Phi) is 7.98. The van der Waals surface area contributed by atoms with E-state index >= 15 is 4.39 Å². The SMILES string of the molecule is COc1ccc(CN(c2nccs2)S(=O)(=O)c2cc(Cl)c(OC3C[C@H]4CC[C@@H](C3)N4C(=O)O)cc2F)c(OC)c1. The molecule has 2 aromatic carbocycles. The highest BCUT2D eigenvalue weighted by Gasteiger charge is 2.44. The van der Waals surface area contributed by atoms with Crippen molar-refractivity contribution in [3.8, 4) is 17.2 Å². The third-order valence-corrected chi connectivity index (χ3v) is 10.2. The normalized spacial score (nSPS) is 20.3. The molecule has 2 saturated heterocycles. The highest BCUT2D eigenvalue weighted by atomic mass is 35.5. The van der Waals surface area contributed by atoms with Crippen LogP contribution >= 0.6 is 22.9 Å². The van der Waals surface area contributed by atoms with E-state index in [9.17, 15) is 18.3 Å². The molecule has 0 radical (unpaired) electrons. The van der Waals surface area contributed by atoms with Gasteiger partial charge in [0.1, 0.15) is 34.1 Å².